The fraction of sp³-hybridized carbons (Fsp3) is 0.960. The number of unbranched alkanes of at least 4 members (excludes halogenated alkanes) is 15. The van der Waals surface area contributed by atoms with Gasteiger partial charge in [-0.25, -0.2) is 0 Å². The Bertz CT molecular complexity index is 402. The van der Waals surface area contributed by atoms with E-state index in [1.807, 2.05) is 0 Å². The van der Waals surface area contributed by atoms with Gasteiger partial charge in [-0.15, -0.1) is 0 Å². The maximum atomic E-state index is 6.26. The van der Waals surface area contributed by atoms with Crippen LogP contribution in [0.5, 0.6) is 0 Å². The van der Waals surface area contributed by atoms with E-state index in [4.69, 9.17) is 9.08 Å². The highest BCUT2D eigenvalue weighted by Gasteiger charge is 2.25. The summed E-state index contributed by atoms with van der Waals surface area (Å²) in [5, 5.41) is 0. The molecule has 0 aliphatic rings. The molecule has 0 N–H and O–H groups in total. The molecule has 0 atom stereocenters. The van der Waals surface area contributed by atoms with Gasteiger partial charge in [-0.3, -0.25) is 4.66 Å². The minimum absolute atomic E-state index is 0.942. The molecule has 0 fully saturated rings. The van der Waals surface area contributed by atoms with E-state index in [9.17, 15) is 0 Å². The molecule has 0 heterocycles. The van der Waals surface area contributed by atoms with Crippen LogP contribution in [0.1, 0.15) is 117 Å². The molecule has 0 aromatic carbocycles. The van der Waals surface area contributed by atoms with Crippen molar-refractivity contribution in [2.24, 2.45) is 4.66 Å². The van der Waals surface area contributed by atoms with Crippen LogP contribution in [-0.4, -0.2) is 22.5 Å². The van der Waals surface area contributed by atoms with Gasteiger partial charge < -0.3 is 4.43 Å². The molecule has 0 rings (SSSR count). The molecule has 0 spiro atoms. The van der Waals surface area contributed by atoms with Crippen molar-refractivity contribution in [2.45, 2.75) is 155 Å². The van der Waals surface area contributed by atoms with Crippen LogP contribution < -0.4 is 0 Å². The zero-order valence-electron chi connectivity index (χ0n) is 21.4. The second-order valence-corrected chi connectivity index (χ2v) is 19.5. The number of rotatable bonds is 19. The molecule has 0 unspecified atom stereocenters. The molecule has 0 amide bonds. The number of nitrogens with zero attached hydrogens (tertiary/aromatic N) is 1. The van der Waals surface area contributed by atoms with E-state index in [1.54, 1.807) is 0 Å². The second kappa shape index (κ2) is 17.6. The first-order valence-corrected chi connectivity index (χ1v) is 19.5. The molecule has 0 saturated heterocycles. The minimum Gasteiger partial charge on any atom is -0.535 e. The molecule has 0 aromatic rings. The molecule has 29 heavy (non-hydrogen) atoms. The molecular weight excluding hydrogens is 386 g/mol. The van der Waals surface area contributed by atoms with E-state index in [1.165, 1.54) is 109 Å². The lowest BCUT2D eigenvalue weighted by Gasteiger charge is -2.25. The largest absolute Gasteiger partial charge is 0.535 e. The summed E-state index contributed by atoms with van der Waals surface area (Å²) in [5.41, 5.74) is 0. The Hall–Kier alpha value is -0.0962. The fourth-order valence-electron chi connectivity index (χ4n) is 4.04. The Labute approximate surface area is 186 Å². The van der Waals surface area contributed by atoms with Crippen molar-refractivity contribution in [1.29, 1.82) is 0 Å². The maximum absolute atomic E-state index is 6.26. The lowest BCUT2D eigenvalue weighted by molar-refractivity contribution is 0.520. The Kier molecular flexibility index (Phi) is 17.5. The van der Waals surface area contributed by atoms with Crippen LogP contribution in [0.4, 0.5) is 0 Å². The Morgan fingerprint density at radius 3 is 1.28 bits per heavy atom. The Morgan fingerprint density at radius 2 is 0.931 bits per heavy atom. The van der Waals surface area contributed by atoms with Crippen molar-refractivity contribution in [3.05, 3.63) is 0 Å². The quantitative estimate of drug-likeness (QED) is 0.0845. The molecule has 2 nitrogen and oxygen atoms in total. The van der Waals surface area contributed by atoms with Gasteiger partial charge in [0.05, 0.1) is 0 Å². The molecule has 0 aromatic heterocycles. The zero-order valence-corrected chi connectivity index (χ0v) is 23.4. The Balaban J connectivity index is 3.45. The fourth-order valence-corrected chi connectivity index (χ4v) is 7.18. The van der Waals surface area contributed by atoms with Crippen LogP contribution in [0.25, 0.3) is 0 Å². The van der Waals surface area contributed by atoms with E-state index in [-0.39, 0.29) is 0 Å². The molecule has 0 bridgehead atoms. The standard InChI is InChI=1S/C25H55NOSi2/c1-8-9-10-11-12-13-14-15-16-17-18-19-20-21-22-23-24-29(6,7)27-25(2)26-28(3,4)5/h8-24H2,1-7H3. The van der Waals surface area contributed by atoms with Crippen molar-refractivity contribution in [1.82, 2.24) is 0 Å². The summed E-state index contributed by atoms with van der Waals surface area (Å²) < 4.78 is 11.0. The van der Waals surface area contributed by atoms with Crippen molar-refractivity contribution in [3.8, 4) is 0 Å². The van der Waals surface area contributed by atoms with Gasteiger partial charge in [0.2, 0.25) is 8.32 Å². The van der Waals surface area contributed by atoms with Gasteiger partial charge in [-0.1, -0.05) is 110 Å². The van der Waals surface area contributed by atoms with E-state index >= 15 is 0 Å². The van der Waals surface area contributed by atoms with Crippen LogP contribution >= 0.6 is 0 Å². The maximum Gasteiger partial charge on any atom is 0.246 e. The zero-order chi connectivity index (χ0) is 22.0. The third-order valence-corrected chi connectivity index (χ3v) is 8.94. The van der Waals surface area contributed by atoms with Gasteiger partial charge in [-0.05, 0) is 38.8 Å². The molecule has 4 heteroatoms. The van der Waals surface area contributed by atoms with Gasteiger partial charge in [0, 0.05) is 6.92 Å². The molecule has 0 aliphatic carbocycles. The summed E-state index contributed by atoms with van der Waals surface area (Å²) in [5.74, 6) is 0.942. The molecule has 174 valence electrons. The minimum atomic E-state index is -1.58. The lowest BCUT2D eigenvalue weighted by Crippen LogP contribution is -2.33. The summed E-state index contributed by atoms with van der Waals surface area (Å²) >= 11 is 0. The summed E-state index contributed by atoms with van der Waals surface area (Å²) in [4.78, 5) is 0. The molecule has 0 saturated carbocycles. The third-order valence-electron chi connectivity index (χ3n) is 5.55. The first-order valence-electron chi connectivity index (χ1n) is 12.9. The van der Waals surface area contributed by atoms with E-state index in [0.717, 1.165) is 5.90 Å². The van der Waals surface area contributed by atoms with Crippen LogP contribution in [-0.2, 0) is 4.43 Å². The first kappa shape index (κ1) is 28.9. The van der Waals surface area contributed by atoms with Gasteiger partial charge in [-0.2, -0.15) is 0 Å². The smallest absolute Gasteiger partial charge is 0.246 e. The predicted molar refractivity (Wildman–Crippen MR) is 139 cm³/mol. The van der Waals surface area contributed by atoms with Crippen LogP contribution in [0.2, 0.25) is 38.8 Å². The first-order chi connectivity index (χ1) is 13.7. The summed E-state index contributed by atoms with van der Waals surface area (Å²) in [7, 11) is -2.99. The summed E-state index contributed by atoms with van der Waals surface area (Å²) in [6.45, 7) is 15.9. The van der Waals surface area contributed by atoms with E-state index < -0.39 is 16.6 Å². The number of hydrogen-bond acceptors (Lipinski definition) is 2. The summed E-state index contributed by atoms with van der Waals surface area (Å²) in [6.07, 6.45) is 22.9. The third kappa shape index (κ3) is 22.4. The average molecular weight is 442 g/mol. The van der Waals surface area contributed by atoms with Gasteiger partial charge in [0.25, 0.3) is 0 Å². The van der Waals surface area contributed by atoms with Crippen LogP contribution in [0, 0.1) is 0 Å². The van der Waals surface area contributed by atoms with Gasteiger partial charge in [0.15, 0.2) is 14.1 Å². The highest BCUT2D eigenvalue weighted by atomic mass is 28.4. The average Bonchev–Trinajstić information content (AvgIpc) is 2.59. The monoisotopic (exact) mass is 441 g/mol. The number of hydrogen-bond donors (Lipinski definition) is 0. The van der Waals surface area contributed by atoms with Crippen molar-refractivity contribution in [3.63, 3.8) is 0 Å². The lowest BCUT2D eigenvalue weighted by atomic mass is 10.0. The van der Waals surface area contributed by atoms with Crippen molar-refractivity contribution in [2.75, 3.05) is 0 Å². The molecular formula is C25H55NOSi2. The van der Waals surface area contributed by atoms with Gasteiger partial charge in [0.1, 0.15) is 0 Å². The highest BCUT2D eigenvalue weighted by Crippen LogP contribution is 2.19. The topological polar surface area (TPSA) is 21.6 Å². The predicted octanol–water partition coefficient (Wildman–Crippen LogP) is 9.72. The summed E-state index contributed by atoms with van der Waals surface area (Å²) in [6, 6.07) is 1.27. The molecule has 0 radical (unpaired) electrons. The second-order valence-electron chi connectivity index (χ2n) is 10.7. The van der Waals surface area contributed by atoms with Crippen LogP contribution in [0.15, 0.2) is 4.66 Å². The normalized spacial score (nSPS) is 13.1. The molecule has 0 aliphatic heterocycles. The SMILES string of the molecule is CCCCCCCCCCCCCCCCCC[Si](C)(C)OC(C)=N[Si](C)(C)C. The van der Waals surface area contributed by atoms with Crippen molar-refractivity contribution < 1.29 is 4.43 Å². The highest BCUT2D eigenvalue weighted by molar-refractivity contribution is 6.76. The Morgan fingerprint density at radius 1 is 0.586 bits per heavy atom. The van der Waals surface area contributed by atoms with Gasteiger partial charge >= 0.3 is 0 Å². The van der Waals surface area contributed by atoms with E-state index in [2.05, 4.69) is 46.6 Å². The van der Waals surface area contributed by atoms with E-state index in [0.29, 0.717) is 0 Å². The van der Waals surface area contributed by atoms with Crippen LogP contribution in [0.3, 0.4) is 0 Å². The van der Waals surface area contributed by atoms with Crippen molar-refractivity contribution >= 4 is 22.5 Å².